The molecule has 0 saturated carbocycles. The van der Waals surface area contributed by atoms with Crippen LogP contribution >= 0.6 is 11.6 Å². The van der Waals surface area contributed by atoms with Gasteiger partial charge in [-0.3, -0.25) is 14.5 Å². The first kappa shape index (κ1) is 17.0. The topological polar surface area (TPSA) is 78.5 Å². The van der Waals surface area contributed by atoms with Gasteiger partial charge in [-0.25, -0.2) is 4.79 Å². The van der Waals surface area contributed by atoms with Crippen molar-refractivity contribution in [3.8, 4) is 0 Å². The molecule has 0 radical (unpaired) electrons. The van der Waals surface area contributed by atoms with Gasteiger partial charge in [-0.05, 0) is 18.2 Å². The van der Waals surface area contributed by atoms with Gasteiger partial charge in [0.2, 0.25) is 5.91 Å². The van der Waals surface area contributed by atoms with Gasteiger partial charge in [0, 0.05) is 34.9 Å². The molecule has 2 N–H and O–H groups in total. The minimum atomic E-state index is -0.400. The number of ketones is 1. The first-order valence-electron chi connectivity index (χ1n) is 7.77. The van der Waals surface area contributed by atoms with Crippen LogP contribution in [0.25, 0.3) is 0 Å². The molecule has 2 aromatic rings. The number of hydrogen-bond acceptors (Lipinski definition) is 4. The first-order valence-corrected chi connectivity index (χ1v) is 8.15. The lowest BCUT2D eigenvalue weighted by Crippen LogP contribution is -2.38. The van der Waals surface area contributed by atoms with Crippen molar-refractivity contribution >= 4 is 35.0 Å². The van der Waals surface area contributed by atoms with Crippen molar-refractivity contribution in [3.05, 3.63) is 64.7 Å². The van der Waals surface area contributed by atoms with E-state index in [-0.39, 0.29) is 18.2 Å². The molecule has 0 unspecified atom stereocenters. The van der Waals surface area contributed by atoms with E-state index in [1.165, 1.54) is 0 Å². The smallest absolute Gasteiger partial charge is 0.324 e. The number of halogens is 1. The predicted molar refractivity (Wildman–Crippen MR) is 94.9 cm³/mol. The molecule has 3 amide bonds. The van der Waals surface area contributed by atoms with Gasteiger partial charge in [-0.1, -0.05) is 41.9 Å². The highest BCUT2D eigenvalue weighted by atomic mass is 35.5. The van der Waals surface area contributed by atoms with E-state index in [0.29, 0.717) is 34.9 Å². The highest BCUT2D eigenvalue weighted by molar-refractivity contribution is 6.31. The Morgan fingerprint density at radius 2 is 1.92 bits per heavy atom. The lowest BCUT2D eigenvalue weighted by Gasteiger charge is -2.15. The third-order valence-corrected chi connectivity index (χ3v) is 4.09. The van der Waals surface area contributed by atoms with Gasteiger partial charge in [0.05, 0.1) is 6.54 Å². The molecule has 0 aliphatic carbocycles. The molecule has 3 rings (SSSR count). The zero-order valence-electron chi connectivity index (χ0n) is 13.3. The van der Waals surface area contributed by atoms with Crippen molar-refractivity contribution in [2.75, 3.05) is 25.0 Å². The SMILES string of the molecule is O=C(c1ccccc1)c1cc(Cl)ccc1NCC(=O)N1CCNC1=O. The number of imide groups is 1. The number of benzene rings is 2. The molecule has 1 fully saturated rings. The quantitative estimate of drug-likeness (QED) is 0.806. The fourth-order valence-corrected chi connectivity index (χ4v) is 2.75. The van der Waals surface area contributed by atoms with Crippen LogP contribution in [0.5, 0.6) is 0 Å². The Kier molecular flexibility index (Phi) is 5.00. The lowest BCUT2D eigenvalue weighted by molar-refractivity contribution is -0.125. The molecule has 25 heavy (non-hydrogen) atoms. The van der Waals surface area contributed by atoms with Crippen molar-refractivity contribution in [3.63, 3.8) is 0 Å². The van der Waals surface area contributed by atoms with Crippen LogP contribution in [0.3, 0.4) is 0 Å². The molecule has 0 aromatic heterocycles. The van der Waals surface area contributed by atoms with Gasteiger partial charge in [0.15, 0.2) is 5.78 Å². The maximum atomic E-state index is 12.7. The van der Waals surface area contributed by atoms with Crippen molar-refractivity contribution in [2.24, 2.45) is 0 Å². The predicted octanol–water partition coefficient (Wildman–Crippen LogP) is 2.53. The number of carbonyl (C=O) groups excluding carboxylic acids is 3. The molecular weight excluding hydrogens is 342 g/mol. The van der Waals surface area contributed by atoms with Gasteiger partial charge in [0.25, 0.3) is 0 Å². The summed E-state index contributed by atoms with van der Waals surface area (Å²) in [6.07, 6.45) is 0. The molecule has 1 heterocycles. The summed E-state index contributed by atoms with van der Waals surface area (Å²) in [7, 11) is 0. The van der Waals surface area contributed by atoms with Crippen LogP contribution in [-0.2, 0) is 4.79 Å². The second-order valence-electron chi connectivity index (χ2n) is 5.52. The first-order chi connectivity index (χ1) is 12.1. The van der Waals surface area contributed by atoms with Gasteiger partial charge < -0.3 is 10.6 Å². The third kappa shape index (κ3) is 3.80. The maximum absolute atomic E-state index is 12.7. The van der Waals surface area contributed by atoms with E-state index in [2.05, 4.69) is 10.6 Å². The largest absolute Gasteiger partial charge is 0.376 e. The molecule has 7 heteroatoms. The van der Waals surface area contributed by atoms with E-state index >= 15 is 0 Å². The summed E-state index contributed by atoms with van der Waals surface area (Å²) in [4.78, 5) is 37.5. The van der Waals surface area contributed by atoms with Crippen molar-refractivity contribution in [1.29, 1.82) is 0 Å². The number of nitrogens with zero attached hydrogens (tertiary/aromatic N) is 1. The van der Waals surface area contributed by atoms with E-state index in [9.17, 15) is 14.4 Å². The van der Waals surface area contributed by atoms with Gasteiger partial charge in [-0.2, -0.15) is 0 Å². The molecule has 1 saturated heterocycles. The number of rotatable bonds is 5. The average Bonchev–Trinajstić information content (AvgIpc) is 3.06. The third-order valence-electron chi connectivity index (χ3n) is 3.85. The number of hydrogen-bond donors (Lipinski definition) is 2. The molecule has 6 nitrogen and oxygen atoms in total. The second-order valence-corrected chi connectivity index (χ2v) is 5.95. The number of anilines is 1. The number of nitrogens with one attached hydrogen (secondary N) is 2. The minimum absolute atomic E-state index is 0.0931. The fraction of sp³-hybridized carbons (Fsp3) is 0.167. The molecule has 0 atom stereocenters. The zero-order valence-corrected chi connectivity index (χ0v) is 14.0. The Morgan fingerprint density at radius 1 is 1.16 bits per heavy atom. The summed E-state index contributed by atoms with van der Waals surface area (Å²) in [5.41, 5.74) is 1.39. The molecule has 0 bridgehead atoms. The summed E-state index contributed by atoms with van der Waals surface area (Å²) >= 11 is 6.03. The minimum Gasteiger partial charge on any atom is -0.376 e. The van der Waals surface area contributed by atoms with Crippen LogP contribution in [0.4, 0.5) is 10.5 Å². The Morgan fingerprint density at radius 3 is 2.60 bits per heavy atom. The van der Waals surface area contributed by atoms with E-state index in [0.717, 1.165) is 4.90 Å². The fourth-order valence-electron chi connectivity index (χ4n) is 2.58. The van der Waals surface area contributed by atoms with E-state index < -0.39 is 6.03 Å². The van der Waals surface area contributed by atoms with Crippen LogP contribution in [0.1, 0.15) is 15.9 Å². The molecule has 1 aliphatic heterocycles. The Bertz CT molecular complexity index is 824. The van der Waals surface area contributed by atoms with Crippen molar-refractivity contribution in [2.45, 2.75) is 0 Å². The summed E-state index contributed by atoms with van der Waals surface area (Å²) in [5, 5.41) is 5.94. The summed E-state index contributed by atoms with van der Waals surface area (Å²) < 4.78 is 0. The van der Waals surface area contributed by atoms with Gasteiger partial charge in [-0.15, -0.1) is 0 Å². The number of amides is 3. The van der Waals surface area contributed by atoms with Crippen LogP contribution in [0.2, 0.25) is 5.02 Å². The average molecular weight is 358 g/mol. The highest BCUT2D eigenvalue weighted by Gasteiger charge is 2.26. The number of carbonyl (C=O) groups is 3. The summed E-state index contributed by atoms with van der Waals surface area (Å²) in [5.74, 6) is -0.556. The molecule has 2 aromatic carbocycles. The second kappa shape index (κ2) is 7.36. The Hall–Kier alpha value is -2.86. The van der Waals surface area contributed by atoms with Crippen LogP contribution in [0, 0.1) is 0 Å². The molecule has 1 aliphatic rings. The van der Waals surface area contributed by atoms with E-state index in [1.807, 2.05) is 6.07 Å². The zero-order chi connectivity index (χ0) is 17.8. The van der Waals surface area contributed by atoms with Crippen molar-refractivity contribution < 1.29 is 14.4 Å². The summed E-state index contributed by atoms with van der Waals surface area (Å²) in [6, 6.07) is 13.3. The normalized spacial score (nSPS) is 13.5. The van der Waals surface area contributed by atoms with E-state index in [1.54, 1.807) is 42.5 Å². The summed E-state index contributed by atoms with van der Waals surface area (Å²) in [6.45, 7) is 0.698. The maximum Gasteiger partial charge on any atom is 0.324 e. The van der Waals surface area contributed by atoms with Gasteiger partial charge >= 0.3 is 6.03 Å². The lowest BCUT2D eigenvalue weighted by atomic mass is 10.0. The highest BCUT2D eigenvalue weighted by Crippen LogP contribution is 2.23. The Balaban J connectivity index is 1.79. The van der Waals surface area contributed by atoms with Crippen LogP contribution in [-0.4, -0.2) is 42.3 Å². The Labute approximate surface area is 149 Å². The van der Waals surface area contributed by atoms with Crippen molar-refractivity contribution in [1.82, 2.24) is 10.2 Å². The number of urea groups is 1. The van der Waals surface area contributed by atoms with Crippen LogP contribution < -0.4 is 10.6 Å². The molecule has 0 spiro atoms. The van der Waals surface area contributed by atoms with Crippen LogP contribution in [0.15, 0.2) is 48.5 Å². The van der Waals surface area contributed by atoms with E-state index in [4.69, 9.17) is 11.6 Å². The monoisotopic (exact) mass is 357 g/mol. The van der Waals surface area contributed by atoms with Gasteiger partial charge in [0.1, 0.15) is 0 Å². The molecular formula is C18H16ClN3O3. The molecule has 128 valence electrons. The standard InChI is InChI=1S/C18H16ClN3O3/c19-13-6-7-15(21-11-16(23)22-9-8-20-18(22)25)14(10-13)17(24)12-4-2-1-3-5-12/h1-7,10,21H,8-9,11H2,(H,20,25).